The molecule has 0 bridgehead atoms. The van der Waals surface area contributed by atoms with Crippen molar-refractivity contribution in [1.29, 1.82) is 0 Å². The van der Waals surface area contributed by atoms with Gasteiger partial charge in [-0.2, -0.15) is 10.2 Å². The molecule has 0 saturated heterocycles. The molecule has 0 aliphatic rings. The molecule has 13 heteroatoms. The summed E-state index contributed by atoms with van der Waals surface area (Å²) in [5.41, 5.74) is 3.91. The van der Waals surface area contributed by atoms with Crippen LogP contribution in [0.3, 0.4) is 0 Å². The van der Waals surface area contributed by atoms with Gasteiger partial charge in [0, 0.05) is 57.6 Å². The van der Waals surface area contributed by atoms with Crippen LogP contribution in [0.5, 0.6) is 0 Å². The Bertz CT molecular complexity index is 1590. The molecule has 0 aliphatic carbocycles. The van der Waals surface area contributed by atoms with E-state index in [4.69, 9.17) is 19.6 Å². The van der Waals surface area contributed by atoms with Crippen LogP contribution < -0.4 is 5.32 Å². The Hall–Kier alpha value is -4.52. The van der Waals surface area contributed by atoms with Gasteiger partial charge in [0.1, 0.15) is 11.3 Å². The van der Waals surface area contributed by atoms with Gasteiger partial charge in [0.15, 0.2) is 11.6 Å². The van der Waals surface area contributed by atoms with Crippen molar-refractivity contribution in [2.75, 3.05) is 12.4 Å². The zero-order chi connectivity index (χ0) is 26.3. The van der Waals surface area contributed by atoms with Crippen LogP contribution in [-0.2, 0) is 30.2 Å². The molecule has 13 nitrogen and oxygen atoms in total. The molecule has 5 heterocycles. The maximum Gasteiger partial charge on any atom is 0.436 e. The monoisotopic (exact) mass is 504 g/mol. The summed E-state index contributed by atoms with van der Waals surface area (Å²) in [7, 11) is 5.31. The number of hydrogen-bond donors (Lipinski definition) is 1. The van der Waals surface area contributed by atoms with Gasteiger partial charge in [-0.15, -0.1) is 9.78 Å². The Balaban J connectivity index is 1.68. The number of fused-ring (bicyclic) bond motifs is 1. The van der Waals surface area contributed by atoms with Crippen LogP contribution in [0.4, 0.5) is 16.4 Å². The van der Waals surface area contributed by atoms with Gasteiger partial charge in [0.05, 0.1) is 24.1 Å². The fourth-order valence-electron chi connectivity index (χ4n) is 4.06. The van der Waals surface area contributed by atoms with Crippen molar-refractivity contribution in [1.82, 2.24) is 43.7 Å². The topological polar surface area (TPSA) is 131 Å². The van der Waals surface area contributed by atoms with E-state index in [0.29, 0.717) is 29.0 Å². The number of carbonyl (C=O) groups excluding carboxylic acids is 1. The Morgan fingerprint density at radius 3 is 2.62 bits per heavy atom. The van der Waals surface area contributed by atoms with Gasteiger partial charge in [-0.1, -0.05) is 0 Å². The number of hydrogen-bond acceptors (Lipinski definition) is 9. The van der Waals surface area contributed by atoms with Gasteiger partial charge >= 0.3 is 6.09 Å². The van der Waals surface area contributed by atoms with Crippen LogP contribution in [0.25, 0.3) is 28.4 Å². The van der Waals surface area contributed by atoms with E-state index in [0.717, 1.165) is 22.3 Å². The van der Waals surface area contributed by atoms with Crippen LogP contribution in [0.15, 0.2) is 36.9 Å². The molecular weight excluding hydrogens is 476 g/mol. The second-order valence-corrected chi connectivity index (χ2v) is 8.90. The van der Waals surface area contributed by atoms with E-state index in [-0.39, 0.29) is 12.7 Å². The number of methoxy groups -OCH3 is 1. The van der Waals surface area contributed by atoms with Crippen molar-refractivity contribution >= 4 is 23.2 Å². The number of anilines is 2. The molecule has 0 saturated carbocycles. The smallest absolute Gasteiger partial charge is 0.436 e. The predicted molar refractivity (Wildman–Crippen MR) is 135 cm³/mol. The van der Waals surface area contributed by atoms with Gasteiger partial charge in [0.2, 0.25) is 5.82 Å². The number of carbonyl (C=O) groups is 1. The quantitative estimate of drug-likeness (QED) is 0.354. The van der Waals surface area contributed by atoms with E-state index in [2.05, 4.69) is 20.5 Å². The van der Waals surface area contributed by atoms with Crippen LogP contribution in [0.1, 0.15) is 25.1 Å². The Morgan fingerprint density at radius 2 is 1.97 bits per heavy atom. The summed E-state index contributed by atoms with van der Waals surface area (Å²) in [6.07, 6.45) is 6.37. The molecule has 1 N–H and O–H groups in total. The van der Waals surface area contributed by atoms with Gasteiger partial charge < -0.3 is 19.4 Å². The maximum atomic E-state index is 12.8. The Labute approximate surface area is 212 Å². The molecule has 0 spiro atoms. The fraction of sp³-hybridized carbons (Fsp3) is 0.333. The number of aryl methyl sites for hydroxylation is 3. The highest BCUT2D eigenvalue weighted by atomic mass is 16.6. The molecule has 0 radical (unpaired) electrons. The maximum absolute atomic E-state index is 12.8. The van der Waals surface area contributed by atoms with E-state index in [9.17, 15) is 4.79 Å². The lowest BCUT2D eigenvalue weighted by molar-refractivity contribution is 0.114. The van der Waals surface area contributed by atoms with E-state index in [1.807, 2.05) is 50.2 Å². The average Bonchev–Trinajstić information content (AvgIpc) is 3.61. The second-order valence-electron chi connectivity index (χ2n) is 8.90. The van der Waals surface area contributed by atoms with E-state index in [1.54, 1.807) is 42.4 Å². The van der Waals surface area contributed by atoms with E-state index < -0.39 is 6.09 Å². The molecule has 37 heavy (non-hydrogen) atoms. The first-order chi connectivity index (χ1) is 17.7. The normalized spacial score (nSPS) is 11.5. The minimum absolute atomic E-state index is 0.225. The first kappa shape index (κ1) is 24.2. The highest BCUT2D eigenvalue weighted by Crippen LogP contribution is 2.32. The molecule has 5 rings (SSSR count). The first-order valence-electron chi connectivity index (χ1n) is 11.7. The summed E-state index contributed by atoms with van der Waals surface area (Å²) in [6.45, 7) is 5.76. The van der Waals surface area contributed by atoms with Gasteiger partial charge in [-0.25, -0.2) is 19.3 Å². The summed E-state index contributed by atoms with van der Waals surface area (Å²) in [5.74, 6) is 1.83. The lowest BCUT2D eigenvalue weighted by atomic mass is 10.1. The van der Waals surface area contributed by atoms with Crippen molar-refractivity contribution in [3.63, 3.8) is 0 Å². The molecule has 0 fully saturated rings. The second kappa shape index (κ2) is 9.50. The van der Waals surface area contributed by atoms with Crippen molar-refractivity contribution in [2.24, 2.45) is 14.1 Å². The molecule has 0 aliphatic heterocycles. The van der Waals surface area contributed by atoms with E-state index >= 15 is 0 Å². The number of nitrogens with zero attached hydrogens (tertiary/aromatic N) is 9. The summed E-state index contributed by atoms with van der Waals surface area (Å²) >= 11 is 0. The number of imidazole rings is 1. The summed E-state index contributed by atoms with van der Waals surface area (Å²) in [6, 6.07) is 3.66. The molecule has 0 amide bonds. The lowest BCUT2D eigenvalue weighted by Crippen LogP contribution is -2.21. The van der Waals surface area contributed by atoms with E-state index in [1.165, 1.54) is 4.68 Å². The third-order valence-electron chi connectivity index (χ3n) is 5.70. The summed E-state index contributed by atoms with van der Waals surface area (Å²) in [4.78, 5) is 22.1. The standard InChI is InChI=1S/C24H28N10O3/c1-14(2)37-24(35)34-19(11-16(28-34)13-36-6)26-21-20-15(3)17(18-7-9-32(5)29-18)12-33(20)30-22(27-21)23-25-8-10-31(23)4/h7-12,14H,13H2,1-6H3,(H,26,27,30). The molecule has 0 unspecified atom stereocenters. The Kier molecular flexibility index (Phi) is 6.21. The van der Waals surface area contributed by atoms with Gasteiger partial charge in [-0.05, 0) is 32.4 Å². The van der Waals surface area contributed by atoms with Crippen molar-refractivity contribution < 1.29 is 14.3 Å². The van der Waals surface area contributed by atoms with Gasteiger partial charge in [-0.3, -0.25) is 4.68 Å². The molecule has 192 valence electrons. The SMILES string of the molecule is COCc1cc(Nc2nc(-c3nccn3C)nn3cc(-c4ccn(C)n4)c(C)c23)n(C(=O)OC(C)C)n1. The van der Waals surface area contributed by atoms with Crippen LogP contribution in [-0.4, -0.2) is 63.0 Å². The largest absolute Gasteiger partial charge is 0.445 e. The molecule has 0 atom stereocenters. The van der Waals surface area contributed by atoms with Crippen molar-refractivity contribution in [3.8, 4) is 22.9 Å². The van der Waals surface area contributed by atoms with Crippen LogP contribution >= 0.6 is 0 Å². The predicted octanol–water partition coefficient (Wildman–Crippen LogP) is 3.32. The molecular formula is C24H28N10O3. The number of nitrogens with one attached hydrogen (secondary N) is 1. The summed E-state index contributed by atoms with van der Waals surface area (Å²) in [5, 5.41) is 17.0. The van der Waals surface area contributed by atoms with Crippen LogP contribution in [0, 0.1) is 6.92 Å². The van der Waals surface area contributed by atoms with Crippen LogP contribution in [0.2, 0.25) is 0 Å². The minimum Gasteiger partial charge on any atom is -0.445 e. The van der Waals surface area contributed by atoms with Crippen molar-refractivity contribution in [3.05, 3.63) is 48.2 Å². The zero-order valence-electron chi connectivity index (χ0n) is 21.5. The van der Waals surface area contributed by atoms with Crippen molar-refractivity contribution in [2.45, 2.75) is 33.5 Å². The highest BCUT2D eigenvalue weighted by molar-refractivity contribution is 5.85. The molecule has 5 aromatic heterocycles. The number of rotatable bonds is 7. The van der Waals surface area contributed by atoms with Gasteiger partial charge in [0.25, 0.3) is 0 Å². The fourth-order valence-corrected chi connectivity index (χ4v) is 4.06. The third-order valence-corrected chi connectivity index (χ3v) is 5.70. The highest BCUT2D eigenvalue weighted by Gasteiger charge is 2.23. The third kappa shape index (κ3) is 4.56. The average molecular weight is 505 g/mol. The minimum atomic E-state index is -0.615. The number of ether oxygens (including phenoxy) is 2. The lowest BCUT2D eigenvalue weighted by Gasteiger charge is -2.13. The first-order valence-corrected chi connectivity index (χ1v) is 11.7. The Morgan fingerprint density at radius 1 is 1.16 bits per heavy atom. The number of aromatic nitrogens is 9. The summed E-state index contributed by atoms with van der Waals surface area (Å²) < 4.78 is 17.1. The molecule has 0 aromatic carbocycles. The molecule has 5 aromatic rings. The zero-order valence-corrected chi connectivity index (χ0v) is 21.5.